The molecule has 0 bridgehead atoms. The summed E-state index contributed by atoms with van der Waals surface area (Å²) in [7, 11) is 1.47. The summed E-state index contributed by atoms with van der Waals surface area (Å²) < 4.78 is 16.6. The summed E-state index contributed by atoms with van der Waals surface area (Å²) in [5.41, 5.74) is 0.418. The maximum atomic E-state index is 12.2. The first kappa shape index (κ1) is 26.5. The Kier molecular flexibility index (Phi) is 7.60. The fourth-order valence-corrected chi connectivity index (χ4v) is 9.46. The molecular weight excluding hydrogens is 444 g/mol. The minimum atomic E-state index is -0.199. The van der Waals surface area contributed by atoms with E-state index in [-0.39, 0.29) is 40.9 Å². The second-order valence-corrected chi connectivity index (χ2v) is 12.7. The molecule has 0 aliphatic heterocycles. The van der Waals surface area contributed by atoms with Crippen molar-refractivity contribution in [1.29, 1.82) is 0 Å². The smallest absolute Gasteiger partial charge is 0.305 e. The van der Waals surface area contributed by atoms with Crippen molar-refractivity contribution < 1.29 is 28.6 Å². The fourth-order valence-electron chi connectivity index (χ4n) is 9.46. The molecule has 4 aliphatic carbocycles. The Labute approximate surface area is 211 Å². The molecule has 6 heteroatoms. The lowest BCUT2D eigenvalue weighted by molar-refractivity contribution is -0.197. The lowest BCUT2D eigenvalue weighted by Crippen LogP contribution is -2.59. The first-order valence-corrected chi connectivity index (χ1v) is 13.9. The zero-order valence-electron chi connectivity index (χ0n) is 22.6. The van der Waals surface area contributed by atoms with Crippen molar-refractivity contribution in [3.05, 3.63) is 0 Å². The molecule has 6 nitrogen and oxygen atoms in total. The quantitative estimate of drug-likeness (QED) is 0.351. The maximum Gasteiger partial charge on any atom is 0.305 e. The largest absolute Gasteiger partial charge is 0.469 e. The molecule has 0 radical (unpaired) electrons. The van der Waals surface area contributed by atoms with E-state index >= 15 is 0 Å². The number of rotatable bonds is 6. The van der Waals surface area contributed by atoms with Gasteiger partial charge in [0.2, 0.25) is 0 Å². The third-order valence-electron chi connectivity index (χ3n) is 11.1. The zero-order valence-corrected chi connectivity index (χ0v) is 22.6. The van der Waals surface area contributed by atoms with Crippen molar-refractivity contribution in [1.82, 2.24) is 0 Å². The van der Waals surface area contributed by atoms with Crippen molar-refractivity contribution in [3.63, 3.8) is 0 Å². The van der Waals surface area contributed by atoms with Gasteiger partial charge in [-0.25, -0.2) is 0 Å². The molecule has 10 atom stereocenters. The van der Waals surface area contributed by atoms with E-state index in [1.165, 1.54) is 39.7 Å². The van der Waals surface area contributed by atoms with Gasteiger partial charge in [0.15, 0.2) is 0 Å². The monoisotopic (exact) mass is 490 g/mol. The average Bonchev–Trinajstić information content (AvgIpc) is 3.14. The third kappa shape index (κ3) is 4.87. The van der Waals surface area contributed by atoms with Crippen molar-refractivity contribution in [2.75, 3.05) is 7.11 Å². The van der Waals surface area contributed by atoms with Gasteiger partial charge in [-0.15, -0.1) is 0 Å². The Balaban J connectivity index is 1.57. The van der Waals surface area contributed by atoms with Crippen molar-refractivity contribution in [3.8, 4) is 0 Å². The van der Waals surface area contributed by atoms with Crippen LogP contribution in [0.25, 0.3) is 0 Å². The SMILES string of the molecule is COC(=O)CC[C@@H](C)[C@H]1CC[C@H]2[C@@H]3[C@H](OC(C)=O)C[C@H]4C[C@@H](OC(C)=O)CC[C@]4(C)[C@H]3CC[C@]12C. The Morgan fingerprint density at radius 2 is 1.54 bits per heavy atom. The molecule has 0 spiro atoms. The molecule has 0 unspecified atom stereocenters. The molecule has 4 rings (SSSR count). The second kappa shape index (κ2) is 10.0. The zero-order chi connectivity index (χ0) is 25.5. The standard InChI is InChI=1S/C29H46O6/c1-17(7-10-26(32)33-6)22-8-9-23-27-24(12-14-29(22,23)5)28(4)13-11-21(34-18(2)30)15-20(28)16-25(27)35-19(3)31/h17,20-25,27H,7-16H2,1-6H3/t17-,20-,21+,22-,23+,24+,25-,27+,28+,29-/m1/s1. The average molecular weight is 491 g/mol. The maximum absolute atomic E-state index is 12.2. The van der Waals surface area contributed by atoms with Gasteiger partial charge in [-0.1, -0.05) is 20.8 Å². The molecule has 35 heavy (non-hydrogen) atoms. The first-order chi connectivity index (χ1) is 16.5. The molecule has 4 saturated carbocycles. The summed E-state index contributed by atoms with van der Waals surface area (Å²) in [5, 5.41) is 0. The van der Waals surface area contributed by atoms with Crippen molar-refractivity contribution in [2.24, 2.45) is 46.3 Å². The number of methoxy groups -OCH3 is 1. The van der Waals surface area contributed by atoms with E-state index in [2.05, 4.69) is 20.8 Å². The van der Waals surface area contributed by atoms with Gasteiger partial charge in [0.25, 0.3) is 0 Å². The van der Waals surface area contributed by atoms with E-state index in [0.717, 1.165) is 32.1 Å². The number of fused-ring (bicyclic) bond motifs is 5. The number of carbonyl (C=O) groups is 3. The summed E-state index contributed by atoms with van der Waals surface area (Å²) in [6.45, 7) is 10.3. The van der Waals surface area contributed by atoms with Gasteiger partial charge in [-0.3, -0.25) is 14.4 Å². The molecule has 0 heterocycles. The minimum Gasteiger partial charge on any atom is -0.469 e. The van der Waals surface area contributed by atoms with Gasteiger partial charge >= 0.3 is 17.9 Å². The number of ether oxygens (including phenoxy) is 3. The van der Waals surface area contributed by atoms with Crippen LogP contribution in [-0.4, -0.2) is 37.2 Å². The van der Waals surface area contributed by atoms with E-state index in [0.29, 0.717) is 41.9 Å². The van der Waals surface area contributed by atoms with Crippen LogP contribution in [-0.2, 0) is 28.6 Å². The van der Waals surface area contributed by atoms with Gasteiger partial charge in [-0.05, 0) is 98.2 Å². The van der Waals surface area contributed by atoms with Gasteiger partial charge in [0.05, 0.1) is 7.11 Å². The number of hydrogen-bond donors (Lipinski definition) is 0. The lowest BCUT2D eigenvalue weighted by Gasteiger charge is -2.62. The van der Waals surface area contributed by atoms with Crippen LogP contribution in [0.2, 0.25) is 0 Å². The van der Waals surface area contributed by atoms with Crippen molar-refractivity contribution in [2.45, 2.75) is 111 Å². The minimum absolute atomic E-state index is 0.0134. The van der Waals surface area contributed by atoms with E-state index in [9.17, 15) is 14.4 Å². The topological polar surface area (TPSA) is 78.9 Å². The van der Waals surface area contributed by atoms with Crippen molar-refractivity contribution >= 4 is 17.9 Å². The Bertz CT molecular complexity index is 824. The van der Waals surface area contributed by atoms with Crippen LogP contribution in [0, 0.1) is 46.3 Å². The third-order valence-corrected chi connectivity index (χ3v) is 11.1. The predicted octanol–water partition coefficient (Wildman–Crippen LogP) is 5.71. The highest BCUT2D eigenvalue weighted by Crippen LogP contribution is 2.68. The van der Waals surface area contributed by atoms with Gasteiger partial charge < -0.3 is 14.2 Å². The Morgan fingerprint density at radius 3 is 2.20 bits per heavy atom. The van der Waals surface area contributed by atoms with Gasteiger partial charge in [0, 0.05) is 26.2 Å². The highest BCUT2D eigenvalue weighted by Gasteiger charge is 2.63. The predicted molar refractivity (Wildman–Crippen MR) is 132 cm³/mol. The van der Waals surface area contributed by atoms with Gasteiger partial charge in [0.1, 0.15) is 12.2 Å². The highest BCUT2D eigenvalue weighted by molar-refractivity contribution is 5.69. The summed E-state index contributed by atoms with van der Waals surface area (Å²) in [4.78, 5) is 35.6. The van der Waals surface area contributed by atoms with E-state index < -0.39 is 0 Å². The first-order valence-electron chi connectivity index (χ1n) is 13.9. The van der Waals surface area contributed by atoms with E-state index in [1.54, 1.807) is 6.92 Å². The summed E-state index contributed by atoms with van der Waals surface area (Å²) in [6.07, 6.45) is 9.80. The summed E-state index contributed by atoms with van der Waals surface area (Å²) >= 11 is 0. The molecule has 198 valence electrons. The second-order valence-electron chi connectivity index (χ2n) is 12.7. The van der Waals surface area contributed by atoms with E-state index in [4.69, 9.17) is 14.2 Å². The fraction of sp³-hybridized carbons (Fsp3) is 0.897. The van der Waals surface area contributed by atoms with Crippen LogP contribution in [0.1, 0.15) is 98.8 Å². The van der Waals surface area contributed by atoms with Gasteiger partial charge in [-0.2, -0.15) is 0 Å². The molecule has 0 saturated heterocycles. The number of carbonyl (C=O) groups excluding carboxylic acids is 3. The number of esters is 3. The summed E-state index contributed by atoms with van der Waals surface area (Å²) in [5.74, 6) is 2.43. The van der Waals surface area contributed by atoms with Crippen LogP contribution in [0.15, 0.2) is 0 Å². The molecular formula is C29H46O6. The van der Waals surface area contributed by atoms with E-state index in [1.807, 2.05) is 0 Å². The van der Waals surface area contributed by atoms with Crippen LogP contribution in [0.5, 0.6) is 0 Å². The van der Waals surface area contributed by atoms with Crippen LogP contribution >= 0.6 is 0 Å². The molecule has 4 fully saturated rings. The number of hydrogen-bond acceptors (Lipinski definition) is 6. The van der Waals surface area contributed by atoms with Crippen LogP contribution in [0.4, 0.5) is 0 Å². The molecule has 0 aromatic carbocycles. The molecule has 0 aromatic rings. The van der Waals surface area contributed by atoms with Crippen LogP contribution < -0.4 is 0 Å². The van der Waals surface area contributed by atoms with Crippen LogP contribution in [0.3, 0.4) is 0 Å². The Morgan fingerprint density at radius 1 is 0.886 bits per heavy atom. The highest BCUT2D eigenvalue weighted by atomic mass is 16.5. The lowest BCUT2D eigenvalue weighted by atomic mass is 9.43. The molecule has 0 aromatic heterocycles. The summed E-state index contributed by atoms with van der Waals surface area (Å²) in [6, 6.07) is 0. The molecule has 4 aliphatic rings. The normalized spacial score (nSPS) is 43.2. The molecule has 0 N–H and O–H groups in total. The molecule has 0 amide bonds. The Hall–Kier alpha value is -1.59.